The van der Waals surface area contributed by atoms with Gasteiger partial charge in [0.15, 0.2) is 0 Å². The minimum Gasteiger partial charge on any atom is -0.465 e. The molecule has 4 rings (SSSR count). The number of fused-ring (bicyclic) bond motifs is 1. The summed E-state index contributed by atoms with van der Waals surface area (Å²) in [4.78, 5) is 38.2. The van der Waals surface area contributed by atoms with Crippen molar-refractivity contribution in [2.45, 2.75) is 0 Å². The topological polar surface area (TPSA) is 63.7 Å². The van der Waals surface area contributed by atoms with Crippen LogP contribution >= 0.6 is 0 Å². The Morgan fingerprint density at radius 2 is 1.38 bits per heavy atom. The minimum atomic E-state index is -0.408. The number of anilines is 1. The average Bonchev–Trinajstić information content (AvgIpc) is 3.03. The van der Waals surface area contributed by atoms with Gasteiger partial charge in [-0.1, -0.05) is 43.0 Å². The van der Waals surface area contributed by atoms with Crippen LogP contribution in [0.2, 0.25) is 0 Å². The molecule has 5 nitrogen and oxygen atoms in total. The highest BCUT2D eigenvalue weighted by Crippen LogP contribution is 2.31. The van der Waals surface area contributed by atoms with Gasteiger partial charge in [-0.15, -0.1) is 0 Å². The summed E-state index contributed by atoms with van der Waals surface area (Å²) in [6.45, 7) is 4.13. The van der Waals surface area contributed by atoms with Crippen LogP contribution in [0.3, 0.4) is 0 Å². The van der Waals surface area contributed by atoms with E-state index in [0.29, 0.717) is 28.0 Å². The van der Waals surface area contributed by atoms with E-state index >= 15 is 0 Å². The molecule has 2 amide bonds. The number of carbonyl (C=O) groups is 3. The zero-order chi connectivity index (χ0) is 20.5. The van der Waals surface area contributed by atoms with E-state index in [9.17, 15) is 14.4 Å². The number of nitrogens with zero attached hydrogens (tertiary/aromatic N) is 1. The van der Waals surface area contributed by atoms with E-state index in [0.717, 1.165) is 11.1 Å². The van der Waals surface area contributed by atoms with E-state index in [4.69, 9.17) is 4.74 Å². The number of benzene rings is 3. The summed E-state index contributed by atoms with van der Waals surface area (Å²) < 4.78 is 4.71. The molecule has 1 aliphatic rings. The van der Waals surface area contributed by atoms with Crippen LogP contribution in [-0.4, -0.2) is 24.9 Å². The van der Waals surface area contributed by atoms with Crippen LogP contribution in [0.1, 0.15) is 42.2 Å². The van der Waals surface area contributed by atoms with Gasteiger partial charge in [0, 0.05) is 0 Å². The first-order valence-corrected chi connectivity index (χ1v) is 8.97. The van der Waals surface area contributed by atoms with Gasteiger partial charge in [0.2, 0.25) is 0 Å². The summed E-state index contributed by atoms with van der Waals surface area (Å²) in [7, 11) is 1.33. The summed E-state index contributed by atoms with van der Waals surface area (Å²) in [6, 6.07) is 20.8. The van der Waals surface area contributed by atoms with Crippen LogP contribution < -0.4 is 4.90 Å². The van der Waals surface area contributed by atoms with E-state index in [2.05, 4.69) is 6.58 Å². The fraction of sp³-hybridized carbons (Fsp3) is 0.0417. The predicted octanol–water partition coefficient (Wildman–Crippen LogP) is 4.34. The van der Waals surface area contributed by atoms with Crippen molar-refractivity contribution in [1.82, 2.24) is 0 Å². The van der Waals surface area contributed by atoms with Crippen LogP contribution in [0.5, 0.6) is 0 Å². The van der Waals surface area contributed by atoms with Gasteiger partial charge >= 0.3 is 5.97 Å². The van der Waals surface area contributed by atoms with Gasteiger partial charge in [0.25, 0.3) is 11.8 Å². The monoisotopic (exact) mass is 383 g/mol. The summed E-state index contributed by atoms with van der Waals surface area (Å²) in [5.74, 6) is -1.08. The largest absolute Gasteiger partial charge is 0.465 e. The Labute approximate surface area is 167 Å². The highest BCUT2D eigenvalue weighted by atomic mass is 16.5. The Kier molecular flexibility index (Phi) is 4.56. The van der Waals surface area contributed by atoms with Crippen molar-refractivity contribution in [1.29, 1.82) is 0 Å². The number of carbonyl (C=O) groups excluding carboxylic acids is 3. The van der Waals surface area contributed by atoms with Gasteiger partial charge in [-0.25, -0.2) is 9.69 Å². The lowest BCUT2D eigenvalue weighted by atomic mass is 9.98. The molecular formula is C24H17NO4. The number of rotatable bonds is 4. The fourth-order valence-corrected chi connectivity index (χ4v) is 3.35. The lowest BCUT2D eigenvalue weighted by Crippen LogP contribution is -2.29. The maximum absolute atomic E-state index is 12.7. The van der Waals surface area contributed by atoms with Crippen LogP contribution in [0.25, 0.3) is 5.57 Å². The Hall–Kier alpha value is -3.99. The molecule has 0 saturated carbocycles. The Balaban J connectivity index is 1.65. The third-order valence-electron chi connectivity index (χ3n) is 4.90. The van der Waals surface area contributed by atoms with E-state index in [1.165, 1.54) is 12.0 Å². The maximum atomic E-state index is 12.7. The SMILES string of the molecule is C=C(c1ccc(C(=O)OC)cc1)c1cccc(N2C(=O)c3ccccc3C2=O)c1. The van der Waals surface area contributed by atoms with Gasteiger partial charge in [0.1, 0.15) is 0 Å². The van der Waals surface area contributed by atoms with E-state index in [-0.39, 0.29) is 11.8 Å². The summed E-state index contributed by atoms with van der Waals surface area (Å²) in [5.41, 5.74) is 4.03. The third-order valence-corrected chi connectivity index (χ3v) is 4.90. The number of esters is 1. The van der Waals surface area contributed by atoms with Crippen LogP contribution in [0, 0.1) is 0 Å². The number of hydrogen-bond donors (Lipinski definition) is 0. The molecule has 0 aromatic heterocycles. The standard InChI is InChI=1S/C24H17NO4/c1-15(16-10-12-17(13-11-16)24(28)29-2)18-6-5-7-19(14-18)25-22(26)20-8-3-4-9-21(20)23(25)27/h3-14H,1H2,2H3. The van der Waals surface area contributed by atoms with Crippen molar-refractivity contribution in [3.63, 3.8) is 0 Å². The van der Waals surface area contributed by atoms with Crippen molar-refractivity contribution in [3.8, 4) is 0 Å². The van der Waals surface area contributed by atoms with E-state index in [1.54, 1.807) is 66.7 Å². The molecule has 142 valence electrons. The molecule has 0 bridgehead atoms. The van der Waals surface area contributed by atoms with Gasteiger partial charge in [-0.3, -0.25) is 9.59 Å². The molecule has 29 heavy (non-hydrogen) atoms. The number of methoxy groups -OCH3 is 1. The van der Waals surface area contributed by atoms with Crippen molar-refractivity contribution < 1.29 is 19.1 Å². The number of hydrogen-bond acceptors (Lipinski definition) is 4. The first-order chi connectivity index (χ1) is 14.0. The minimum absolute atomic E-state index is 0.337. The smallest absolute Gasteiger partial charge is 0.337 e. The molecular weight excluding hydrogens is 366 g/mol. The summed E-state index contributed by atoms with van der Waals surface area (Å²) >= 11 is 0. The van der Waals surface area contributed by atoms with Crippen molar-refractivity contribution in [2.75, 3.05) is 12.0 Å². The molecule has 0 radical (unpaired) electrons. The first-order valence-electron chi connectivity index (χ1n) is 8.97. The molecule has 0 fully saturated rings. The van der Waals surface area contributed by atoms with Gasteiger partial charge in [0.05, 0.1) is 29.5 Å². The molecule has 1 heterocycles. The van der Waals surface area contributed by atoms with Gasteiger partial charge < -0.3 is 4.74 Å². The molecule has 0 saturated heterocycles. The second-order valence-corrected chi connectivity index (χ2v) is 6.59. The summed E-state index contributed by atoms with van der Waals surface area (Å²) in [6.07, 6.45) is 0. The predicted molar refractivity (Wildman–Crippen MR) is 110 cm³/mol. The van der Waals surface area contributed by atoms with Crippen LogP contribution in [0.4, 0.5) is 5.69 Å². The highest BCUT2D eigenvalue weighted by molar-refractivity contribution is 6.34. The summed E-state index contributed by atoms with van der Waals surface area (Å²) in [5, 5.41) is 0. The number of ether oxygens (including phenoxy) is 1. The van der Waals surface area contributed by atoms with E-state index < -0.39 is 5.97 Å². The molecule has 1 aliphatic heterocycles. The molecule has 0 aliphatic carbocycles. The first kappa shape index (κ1) is 18.4. The molecule has 0 spiro atoms. The molecule has 5 heteroatoms. The third kappa shape index (κ3) is 3.12. The maximum Gasteiger partial charge on any atom is 0.337 e. The van der Waals surface area contributed by atoms with Gasteiger partial charge in [-0.05, 0) is 53.1 Å². The molecule has 0 N–H and O–H groups in total. The normalized spacial score (nSPS) is 12.7. The number of imide groups is 1. The molecule has 3 aromatic carbocycles. The average molecular weight is 383 g/mol. The number of amides is 2. The van der Waals surface area contributed by atoms with Gasteiger partial charge in [-0.2, -0.15) is 0 Å². The van der Waals surface area contributed by atoms with Crippen molar-refractivity contribution >= 4 is 29.0 Å². The Bertz CT molecular complexity index is 1130. The van der Waals surface area contributed by atoms with Crippen LogP contribution in [0.15, 0.2) is 79.4 Å². The highest BCUT2D eigenvalue weighted by Gasteiger charge is 2.36. The second kappa shape index (κ2) is 7.20. The van der Waals surface area contributed by atoms with Crippen molar-refractivity contribution in [2.24, 2.45) is 0 Å². The fourth-order valence-electron chi connectivity index (χ4n) is 3.35. The lowest BCUT2D eigenvalue weighted by molar-refractivity contribution is 0.0600. The molecule has 3 aromatic rings. The van der Waals surface area contributed by atoms with Crippen LogP contribution in [-0.2, 0) is 4.74 Å². The molecule has 0 atom stereocenters. The van der Waals surface area contributed by atoms with Crippen molar-refractivity contribution in [3.05, 3.63) is 107 Å². The zero-order valence-electron chi connectivity index (χ0n) is 15.7. The second-order valence-electron chi connectivity index (χ2n) is 6.59. The lowest BCUT2D eigenvalue weighted by Gasteiger charge is -2.16. The zero-order valence-corrected chi connectivity index (χ0v) is 15.7. The Morgan fingerprint density at radius 3 is 1.97 bits per heavy atom. The van der Waals surface area contributed by atoms with E-state index in [1.807, 2.05) is 6.07 Å². The Morgan fingerprint density at radius 1 is 0.793 bits per heavy atom. The molecule has 0 unspecified atom stereocenters. The quantitative estimate of drug-likeness (QED) is 0.497.